The van der Waals surface area contributed by atoms with Crippen molar-refractivity contribution < 1.29 is 9.53 Å². The second-order valence-electron chi connectivity index (χ2n) is 5.34. The van der Waals surface area contributed by atoms with Crippen molar-refractivity contribution in [3.05, 3.63) is 95.3 Å². The van der Waals surface area contributed by atoms with Gasteiger partial charge in [0.05, 0.1) is 5.71 Å². The summed E-state index contributed by atoms with van der Waals surface area (Å²) in [5, 5.41) is 4.89. The molecule has 1 amide bonds. The van der Waals surface area contributed by atoms with Crippen molar-refractivity contribution in [2.45, 2.75) is 0 Å². The topological polar surface area (TPSA) is 63.6 Å². The molecule has 0 saturated heterocycles. The molecule has 0 aliphatic rings. The molecule has 3 aromatic rings. The highest BCUT2D eigenvalue weighted by Crippen LogP contribution is 2.15. The number of carbonyl (C=O) groups is 1. The van der Waals surface area contributed by atoms with E-state index in [1.54, 1.807) is 36.7 Å². The van der Waals surface area contributed by atoms with Crippen LogP contribution in [-0.2, 0) is 4.79 Å². The Morgan fingerprint density at radius 2 is 1.62 bits per heavy atom. The number of carbonyl (C=O) groups excluding carboxylic acids is 1. The Morgan fingerprint density at radius 1 is 0.962 bits per heavy atom. The summed E-state index contributed by atoms with van der Waals surface area (Å²) in [4.78, 5) is 16.1. The van der Waals surface area contributed by atoms with Crippen molar-refractivity contribution in [3.63, 3.8) is 0 Å². The van der Waals surface area contributed by atoms with Gasteiger partial charge in [-0.2, -0.15) is 5.10 Å². The summed E-state index contributed by atoms with van der Waals surface area (Å²) in [6, 6.07) is 20.1. The van der Waals surface area contributed by atoms with Gasteiger partial charge in [-0.05, 0) is 36.4 Å². The van der Waals surface area contributed by atoms with E-state index < -0.39 is 0 Å². The predicted molar refractivity (Wildman–Crippen MR) is 101 cm³/mol. The van der Waals surface area contributed by atoms with Gasteiger partial charge in [0, 0.05) is 28.5 Å². The van der Waals surface area contributed by atoms with E-state index in [1.165, 1.54) is 0 Å². The molecule has 0 aliphatic carbocycles. The van der Waals surface area contributed by atoms with Gasteiger partial charge in [-0.15, -0.1) is 0 Å². The van der Waals surface area contributed by atoms with Gasteiger partial charge in [-0.25, -0.2) is 5.43 Å². The highest BCUT2D eigenvalue weighted by Gasteiger charge is 2.08. The molecule has 6 heteroatoms. The summed E-state index contributed by atoms with van der Waals surface area (Å²) in [7, 11) is 0. The van der Waals surface area contributed by atoms with E-state index in [4.69, 9.17) is 16.3 Å². The first-order chi connectivity index (χ1) is 12.7. The SMILES string of the molecule is O=C(COc1ccc(Cl)cc1)NN=C(c1ccccc1)c1ccncc1. The van der Waals surface area contributed by atoms with Gasteiger partial charge in [-0.1, -0.05) is 41.9 Å². The number of pyridine rings is 1. The third-order valence-electron chi connectivity index (χ3n) is 3.48. The first kappa shape index (κ1) is 17.6. The largest absolute Gasteiger partial charge is 0.484 e. The first-order valence-corrected chi connectivity index (χ1v) is 8.31. The average molecular weight is 366 g/mol. The average Bonchev–Trinajstić information content (AvgIpc) is 2.69. The molecule has 0 aliphatic heterocycles. The summed E-state index contributed by atoms with van der Waals surface area (Å²) in [6.45, 7) is -0.149. The molecule has 0 saturated carbocycles. The van der Waals surface area contributed by atoms with Crippen LogP contribution in [0.4, 0.5) is 0 Å². The van der Waals surface area contributed by atoms with E-state index in [1.807, 2.05) is 42.5 Å². The van der Waals surface area contributed by atoms with E-state index in [2.05, 4.69) is 15.5 Å². The Labute approximate surface area is 156 Å². The molecule has 0 fully saturated rings. The zero-order valence-corrected chi connectivity index (χ0v) is 14.6. The molecule has 0 atom stereocenters. The quantitative estimate of drug-likeness (QED) is 0.535. The van der Waals surface area contributed by atoms with Gasteiger partial charge in [0.25, 0.3) is 5.91 Å². The van der Waals surface area contributed by atoms with Crippen LogP contribution in [0, 0.1) is 0 Å². The summed E-state index contributed by atoms with van der Waals surface area (Å²) >= 11 is 5.82. The number of hydrogen-bond acceptors (Lipinski definition) is 4. The van der Waals surface area contributed by atoms with Gasteiger partial charge in [-0.3, -0.25) is 9.78 Å². The lowest BCUT2D eigenvalue weighted by Gasteiger charge is -2.08. The molecule has 0 unspecified atom stereocenters. The molecule has 130 valence electrons. The van der Waals surface area contributed by atoms with E-state index in [-0.39, 0.29) is 12.5 Å². The number of amides is 1. The number of nitrogens with zero attached hydrogens (tertiary/aromatic N) is 2. The number of nitrogens with one attached hydrogen (secondary N) is 1. The van der Waals surface area contributed by atoms with E-state index >= 15 is 0 Å². The Hall–Kier alpha value is -3.18. The molecule has 26 heavy (non-hydrogen) atoms. The number of hydrazone groups is 1. The molecule has 0 radical (unpaired) electrons. The van der Waals surface area contributed by atoms with Crippen molar-refractivity contribution in [2.75, 3.05) is 6.61 Å². The van der Waals surface area contributed by atoms with Crippen LogP contribution in [0.5, 0.6) is 5.75 Å². The fraction of sp³-hybridized carbons (Fsp3) is 0.0500. The van der Waals surface area contributed by atoms with Crippen molar-refractivity contribution in [2.24, 2.45) is 5.10 Å². The number of halogens is 1. The molecule has 0 bridgehead atoms. The third-order valence-corrected chi connectivity index (χ3v) is 3.73. The molecule has 5 nitrogen and oxygen atoms in total. The predicted octanol–water partition coefficient (Wildman–Crippen LogP) is 3.68. The van der Waals surface area contributed by atoms with Crippen molar-refractivity contribution in [3.8, 4) is 5.75 Å². The number of benzene rings is 2. The van der Waals surface area contributed by atoms with Crippen LogP contribution in [0.2, 0.25) is 5.02 Å². The van der Waals surface area contributed by atoms with Crippen LogP contribution >= 0.6 is 11.6 Å². The standard InChI is InChI=1S/C20H16ClN3O2/c21-17-6-8-18(9-7-17)26-14-19(25)23-24-20(15-4-2-1-3-5-15)16-10-12-22-13-11-16/h1-13H,14H2,(H,23,25). The minimum Gasteiger partial charge on any atom is -0.484 e. The summed E-state index contributed by atoms with van der Waals surface area (Å²) in [6.07, 6.45) is 3.36. The van der Waals surface area contributed by atoms with Crippen molar-refractivity contribution in [1.29, 1.82) is 0 Å². The lowest BCUT2D eigenvalue weighted by molar-refractivity contribution is -0.123. The highest BCUT2D eigenvalue weighted by molar-refractivity contribution is 6.30. The van der Waals surface area contributed by atoms with Gasteiger partial charge in [0.1, 0.15) is 5.75 Å². The van der Waals surface area contributed by atoms with E-state index in [0.29, 0.717) is 16.5 Å². The van der Waals surface area contributed by atoms with Gasteiger partial charge < -0.3 is 4.74 Å². The van der Waals surface area contributed by atoms with Gasteiger partial charge in [0.15, 0.2) is 6.61 Å². The fourth-order valence-electron chi connectivity index (χ4n) is 2.23. The van der Waals surface area contributed by atoms with Gasteiger partial charge in [0.2, 0.25) is 0 Å². The monoisotopic (exact) mass is 365 g/mol. The summed E-state index contributed by atoms with van der Waals surface area (Å²) < 4.78 is 5.42. The minimum atomic E-state index is -0.359. The maximum absolute atomic E-state index is 12.1. The van der Waals surface area contributed by atoms with Crippen LogP contribution in [-0.4, -0.2) is 23.2 Å². The smallest absolute Gasteiger partial charge is 0.277 e. The zero-order chi connectivity index (χ0) is 18.2. The Morgan fingerprint density at radius 3 is 2.31 bits per heavy atom. The van der Waals surface area contributed by atoms with E-state index in [9.17, 15) is 4.79 Å². The minimum absolute atomic E-state index is 0.149. The zero-order valence-electron chi connectivity index (χ0n) is 13.8. The van der Waals surface area contributed by atoms with E-state index in [0.717, 1.165) is 11.1 Å². The second-order valence-corrected chi connectivity index (χ2v) is 5.78. The highest BCUT2D eigenvalue weighted by atomic mass is 35.5. The second kappa shape index (κ2) is 8.78. The molecule has 2 aromatic carbocycles. The molecular formula is C20H16ClN3O2. The van der Waals surface area contributed by atoms with Crippen molar-refractivity contribution >= 4 is 23.2 Å². The molecule has 3 rings (SSSR count). The Bertz CT molecular complexity index is 840. The fourth-order valence-corrected chi connectivity index (χ4v) is 2.36. The molecule has 0 spiro atoms. The normalized spacial score (nSPS) is 11.0. The van der Waals surface area contributed by atoms with Crippen LogP contribution in [0.25, 0.3) is 0 Å². The Balaban J connectivity index is 1.70. The lowest BCUT2D eigenvalue weighted by Crippen LogP contribution is -2.26. The third kappa shape index (κ3) is 4.91. The lowest BCUT2D eigenvalue weighted by atomic mass is 10.0. The van der Waals surface area contributed by atoms with Crippen LogP contribution in [0.1, 0.15) is 11.1 Å². The number of rotatable bonds is 6. The molecule has 1 aromatic heterocycles. The number of ether oxygens (including phenoxy) is 1. The number of aromatic nitrogens is 1. The molecular weight excluding hydrogens is 350 g/mol. The summed E-state index contributed by atoms with van der Waals surface area (Å²) in [5.41, 5.74) is 4.92. The molecule has 1 N–H and O–H groups in total. The van der Waals surface area contributed by atoms with Crippen LogP contribution in [0.15, 0.2) is 84.2 Å². The van der Waals surface area contributed by atoms with Gasteiger partial charge >= 0.3 is 0 Å². The maximum Gasteiger partial charge on any atom is 0.277 e. The summed E-state index contributed by atoms with van der Waals surface area (Å²) in [5.74, 6) is 0.202. The maximum atomic E-state index is 12.1. The molecule has 1 heterocycles. The van der Waals surface area contributed by atoms with Crippen LogP contribution in [0.3, 0.4) is 0 Å². The van der Waals surface area contributed by atoms with Crippen LogP contribution < -0.4 is 10.2 Å². The first-order valence-electron chi connectivity index (χ1n) is 7.93. The number of hydrogen-bond donors (Lipinski definition) is 1. The Kier molecular flexibility index (Phi) is 5.96. The van der Waals surface area contributed by atoms with Crippen molar-refractivity contribution in [1.82, 2.24) is 10.4 Å².